The van der Waals surface area contributed by atoms with Crippen LogP contribution in [0, 0.1) is 0 Å². The molecule has 0 aliphatic carbocycles. The minimum absolute atomic E-state index is 0.0269. The summed E-state index contributed by atoms with van der Waals surface area (Å²) >= 11 is 0. The Morgan fingerprint density at radius 1 is 1.17 bits per heavy atom. The first-order valence-corrected chi connectivity index (χ1v) is 12.2. The zero-order valence-electron chi connectivity index (χ0n) is 21.3. The standard InChI is InChI=1S/C27H34N4O5/c1-5-8-24(32)29-21-12-13-23(28-16-21)31-17-20(26(30-31)18(2)3)10-7-14-36-27-19(15-25(33)34)9-6-11-22(27)35-4/h6,9,11-13,16-18H,5,7-8,10,14-15H2,1-4H3,(H,29,32)(H,33,34). The predicted octanol–water partition coefficient (Wildman–Crippen LogP) is 4.78. The van der Waals surface area contributed by atoms with Gasteiger partial charge in [0.1, 0.15) is 0 Å². The zero-order chi connectivity index (χ0) is 26.1. The molecule has 9 nitrogen and oxygen atoms in total. The van der Waals surface area contributed by atoms with Gasteiger partial charge in [0.2, 0.25) is 5.91 Å². The molecule has 0 aliphatic rings. The van der Waals surface area contributed by atoms with Crippen molar-refractivity contribution in [2.45, 2.75) is 58.8 Å². The van der Waals surface area contributed by atoms with Crippen molar-refractivity contribution in [3.05, 3.63) is 59.5 Å². The Kier molecular flexibility index (Phi) is 9.44. The maximum Gasteiger partial charge on any atom is 0.307 e. The molecular formula is C27H34N4O5. The van der Waals surface area contributed by atoms with Gasteiger partial charge in [-0.3, -0.25) is 9.59 Å². The molecule has 1 aromatic carbocycles. The van der Waals surface area contributed by atoms with Crippen LogP contribution in [0.5, 0.6) is 11.5 Å². The van der Waals surface area contributed by atoms with Crippen LogP contribution < -0.4 is 14.8 Å². The first kappa shape index (κ1) is 26.7. The van der Waals surface area contributed by atoms with Gasteiger partial charge in [-0.05, 0) is 48.9 Å². The molecule has 0 fully saturated rings. The Balaban J connectivity index is 1.67. The molecule has 2 N–H and O–H groups in total. The van der Waals surface area contributed by atoms with Crippen LogP contribution in [0.4, 0.5) is 5.69 Å². The predicted molar refractivity (Wildman–Crippen MR) is 137 cm³/mol. The average molecular weight is 495 g/mol. The van der Waals surface area contributed by atoms with Crippen LogP contribution in [0.3, 0.4) is 0 Å². The number of benzene rings is 1. The first-order valence-electron chi connectivity index (χ1n) is 12.2. The summed E-state index contributed by atoms with van der Waals surface area (Å²) in [6.07, 6.45) is 6.20. The number of carbonyl (C=O) groups is 2. The van der Waals surface area contributed by atoms with Crippen LogP contribution in [0.25, 0.3) is 5.82 Å². The molecule has 0 aliphatic heterocycles. The quantitative estimate of drug-likeness (QED) is 0.329. The van der Waals surface area contributed by atoms with E-state index in [-0.39, 0.29) is 18.2 Å². The van der Waals surface area contributed by atoms with Crippen LogP contribution in [-0.2, 0) is 22.4 Å². The van der Waals surface area contributed by atoms with E-state index in [0.717, 1.165) is 24.1 Å². The molecule has 192 valence electrons. The molecule has 1 amide bonds. The van der Waals surface area contributed by atoms with Crippen LogP contribution in [0.15, 0.2) is 42.7 Å². The van der Waals surface area contributed by atoms with Gasteiger partial charge in [-0.15, -0.1) is 0 Å². The second kappa shape index (κ2) is 12.7. The number of carbonyl (C=O) groups excluding carboxylic acids is 1. The number of methoxy groups -OCH3 is 1. The van der Waals surface area contributed by atoms with Crippen LogP contribution in [0.1, 0.15) is 62.8 Å². The Morgan fingerprint density at radius 2 is 1.97 bits per heavy atom. The third-order valence-electron chi connectivity index (χ3n) is 5.57. The van der Waals surface area contributed by atoms with Gasteiger partial charge < -0.3 is 19.9 Å². The Morgan fingerprint density at radius 3 is 2.61 bits per heavy atom. The van der Waals surface area contributed by atoms with Gasteiger partial charge in [0.25, 0.3) is 0 Å². The SMILES string of the molecule is CCCC(=O)Nc1ccc(-n2cc(CCCOc3c(CC(=O)O)cccc3OC)c(C(C)C)n2)nc1. The number of amides is 1. The summed E-state index contributed by atoms with van der Waals surface area (Å²) < 4.78 is 13.1. The molecule has 2 aromatic heterocycles. The number of ether oxygens (including phenoxy) is 2. The second-order valence-corrected chi connectivity index (χ2v) is 8.81. The summed E-state index contributed by atoms with van der Waals surface area (Å²) in [5.74, 6) is 0.932. The lowest BCUT2D eigenvalue weighted by Gasteiger charge is -2.14. The van der Waals surface area contributed by atoms with Crippen molar-refractivity contribution >= 4 is 17.6 Å². The highest BCUT2D eigenvalue weighted by atomic mass is 16.5. The fourth-order valence-corrected chi connectivity index (χ4v) is 3.89. The number of hydrogen-bond acceptors (Lipinski definition) is 6. The van der Waals surface area contributed by atoms with Crippen molar-refractivity contribution in [3.8, 4) is 17.3 Å². The Bertz CT molecular complexity index is 1170. The topological polar surface area (TPSA) is 116 Å². The van der Waals surface area contributed by atoms with Crippen LogP contribution >= 0.6 is 0 Å². The number of pyridine rings is 1. The van der Waals surface area contributed by atoms with Crippen LogP contribution in [-0.4, -0.2) is 45.5 Å². The lowest BCUT2D eigenvalue weighted by atomic mass is 10.0. The molecule has 0 saturated carbocycles. The van der Waals surface area contributed by atoms with Gasteiger partial charge in [-0.1, -0.05) is 32.9 Å². The van der Waals surface area contributed by atoms with Crippen molar-refractivity contribution in [1.29, 1.82) is 0 Å². The highest BCUT2D eigenvalue weighted by Gasteiger charge is 2.16. The largest absolute Gasteiger partial charge is 0.493 e. The van der Waals surface area contributed by atoms with Gasteiger partial charge >= 0.3 is 5.97 Å². The molecule has 36 heavy (non-hydrogen) atoms. The molecule has 0 bridgehead atoms. The van der Waals surface area contributed by atoms with E-state index in [9.17, 15) is 14.7 Å². The van der Waals surface area contributed by atoms with Gasteiger partial charge in [-0.25, -0.2) is 9.67 Å². The number of rotatable bonds is 13. The normalized spacial score (nSPS) is 10.9. The number of nitrogens with zero attached hydrogens (tertiary/aromatic N) is 3. The molecule has 9 heteroatoms. The lowest BCUT2D eigenvalue weighted by Crippen LogP contribution is -2.11. The van der Waals surface area contributed by atoms with Crippen molar-refractivity contribution < 1.29 is 24.2 Å². The van der Waals surface area contributed by atoms with E-state index in [1.165, 1.54) is 7.11 Å². The molecule has 2 heterocycles. The van der Waals surface area contributed by atoms with Gasteiger partial charge in [-0.2, -0.15) is 5.10 Å². The smallest absolute Gasteiger partial charge is 0.307 e. The summed E-state index contributed by atoms with van der Waals surface area (Å²) in [6.45, 7) is 6.56. The molecule has 0 atom stereocenters. The average Bonchev–Trinajstić information content (AvgIpc) is 3.27. The second-order valence-electron chi connectivity index (χ2n) is 8.81. The summed E-state index contributed by atoms with van der Waals surface area (Å²) in [7, 11) is 1.54. The number of carboxylic acids is 1. The Hall–Kier alpha value is -3.88. The summed E-state index contributed by atoms with van der Waals surface area (Å²) in [5, 5.41) is 16.8. The number of aliphatic carboxylic acids is 1. The third-order valence-corrected chi connectivity index (χ3v) is 5.57. The summed E-state index contributed by atoms with van der Waals surface area (Å²) in [6, 6.07) is 8.90. The minimum atomic E-state index is -0.924. The number of aromatic nitrogens is 3. The molecule has 0 saturated heterocycles. The highest BCUT2D eigenvalue weighted by molar-refractivity contribution is 5.90. The maximum absolute atomic E-state index is 11.8. The fraction of sp³-hybridized carbons (Fsp3) is 0.407. The summed E-state index contributed by atoms with van der Waals surface area (Å²) in [5.41, 5.74) is 3.32. The molecular weight excluding hydrogens is 460 g/mol. The maximum atomic E-state index is 11.8. The fourth-order valence-electron chi connectivity index (χ4n) is 3.89. The number of aryl methyl sites for hydroxylation is 1. The van der Waals surface area contributed by atoms with Crippen molar-refractivity contribution in [2.24, 2.45) is 0 Å². The van der Waals surface area contributed by atoms with Gasteiger partial charge in [0, 0.05) is 18.2 Å². The van der Waals surface area contributed by atoms with Crippen molar-refractivity contribution in [3.63, 3.8) is 0 Å². The van der Waals surface area contributed by atoms with Gasteiger partial charge in [0.05, 0.1) is 37.7 Å². The molecule has 0 radical (unpaired) electrons. The zero-order valence-corrected chi connectivity index (χ0v) is 21.3. The van der Waals surface area contributed by atoms with E-state index in [4.69, 9.17) is 14.6 Å². The lowest BCUT2D eigenvalue weighted by molar-refractivity contribution is -0.136. The summed E-state index contributed by atoms with van der Waals surface area (Å²) in [4.78, 5) is 27.5. The van der Waals surface area contributed by atoms with E-state index >= 15 is 0 Å². The number of hydrogen-bond donors (Lipinski definition) is 2. The molecule has 3 rings (SSSR count). The van der Waals surface area contributed by atoms with Crippen LogP contribution in [0.2, 0.25) is 0 Å². The monoisotopic (exact) mass is 494 g/mol. The van der Waals surface area contributed by atoms with Gasteiger partial charge in [0.15, 0.2) is 17.3 Å². The minimum Gasteiger partial charge on any atom is -0.493 e. The molecule has 3 aromatic rings. The molecule has 0 unspecified atom stereocenters. The molecule has 0 spiro atoms. The number of nitrogens with one attached hydrogen (secondary N) is 1. The number of para-hydroxylation sites is 1. The Labute approximate surface area is 211 Å². The number of anilines is 1. The first-order chi connectivity index (χ1) is 17.3. The number of carboxylic acid groups (broad SMARTS) is 1. The highest BCUT2D eigenvalue weighted by Crippen LogP contribution is 2.32. The van der Waals surface area contributed by atoms with Crippen molar-refractivity contribution in [2.75, 3.05) is 19.0 Å². The van der Waals surface area contributed by atoms with E-state index in [1.54, 1.807) is 29.1 Å². The third kappa shape index (κ3) is 7.07. The van der Waals surface area contributed by atoms with Crippen molar-refractivity contribution in [1.82, 2.24) is 14.8 Å². The van der Waals surface area contributed by atoms with E-state index in [1.807, 2.05) is 25.3 Å². The van der Waals surface area contributed by atoms with E-state index in [0.29, 0.717) is 48.0 Å². The van der Waals surface area contributed by atoms with E-state index in [2.05, 4.69) is 24.1 Å². The van der Waals surface area contributed by atoms with E-state index < -0.39 is 5.97 Å².